The molecule has 0 aromatic heterocycles. The first-order valence-corrected chi connectivity index (χ1v) is 11.9. The second-order valence-corrected chi connectivity index (χ2v) is 10.2. The highest BCUT2D eigenvalue weighted by atomic mass is 32.2. The molecule has 156 valence electrons. The van der Waals surface area contributed by atoms with Gasteiger partial charge in [-0.1, -0.05) is 49.6 Å². The average Bonchev–Trinajstić information content (AvgIpc) is 2.70. The molecule has 1 saturated heterocycles. The molecule has 1 amide bonds. The number of rotatable bonds is 2. The Hall–Kier alpha value is -2.15. The molecule has 1 aromatic carbocycles. The van der Waals surface area contributed by atoms with Crippen LogP contribution in [-0.4, -0.2) is 48.9 Å². The molecule has 29 heavy (non-hydrogen) atoms. The Bertz CT molecular complexity index is 966. The second kappa shape index (κ2) is 7.59. The lowest BCUT2D eigenvalue weighted by Gasteiger charge is -2.47. The van der Waals surface area contributed by atoms with Crippen LogP contribution in [0.1, 0.15) is 50.2 Å². The molecule has 3 aliphatic rings. The van der Waals surface area contributed by atoms with Crippen molar-refractivity contribution in [2.75, 3.05) is 13.6 Å². The molecule has 0 unspecified atom stereocenters. The van der Waals surface area contributed by atoms with Crippen LogP contribution in [0.5, 0.6) is 0 Å². The largest absolute Gasteiger partial charge is 0.345 e. The first-order chi connectivity index (χ1) is 13.8. The molecule has 6 nitrogen and oxygen atoms in total. The number of nitrogens with zero attached hydrogens (tertiary/aromatic N) is 3. The summed E-state index contributed by atoms with van der Waals surface area (Å²) in [5.41, 5.74) is 2.28. The lowest BCUT2D eigenvalue weighted by molar-refractivity contribution is -0.135. The highest BCUT2D eigenvalue weighted by molar-refractivity contribution is 7.88. The predicted octanol–water partition coefficient (Wildman–Crippen LogP) is 3.29. The van der Waals surface area contributed by atoms with E-state index in [4.69, 9.17) is 0 Å². The molecule has 2 aliphatic heterocycles. The van der Waals surface area contributed by atoms with Gasteiger partial charge in [0.2, 0.25) is 0 Å². The third-order valence-electron chi connectivity index (χ3n) is 6.74. The molecule has 3 atom stereocenters. The Balaban J connectivity index is 1.69. The summed E-state index contributed by atoms with van der Waals surface area (Å²) < 4.78 is 30.3. The van der Waals surface area contributed by atoms with Gasteiger partial charge in [0.25, 0.3) is 5.91 Å². The van der Waals surface area contributed by atoms with E-state index >= 15 is 0 Å². The van der Waals surface area contributed by atoms with Gasteiger partial charge in [0.1, 0.15) is 5.70 Å². The summed E-state index contributed by atoms with van der Waals surface area (Å²) in [6.45, 7) is 4.94. The standard InChI is InChI=1S/C22H29N3O3S/c1-15-8-10-17(11-9-15)19-14-21(24(3)29(27,28)23-19)22(26)25-13-12-16(2)18-6-4-5-7-20(18)25/h8-11,14,16,18,20H,4-7,12-13H2,1-3H3/t16-,18+,20+/m0/s1. The Morgan fingerprint density at radius 1 is 1.10 bits per heavy atom. The molecule has 0 spiro atoms. The van der Waals surface area contributed by atoms with Crippen molar-refractivity contribution in [1.82, 2.24) is 9.21 Å². The van der Waals surface area contributed by atoms with Crippen LogP contribution < -0.4 is 0 Å². The van der Waals surface area contributed by atoms with Gasteiger partial charge < -0.3 is 4.90 Å². The SMILES string of the molecule is Cc1ccc(C2=NS(=O)(=O)N(C)C(C(=O)N3CC[C@H](C)[C@H]4CCCC[C@H]43)=C2)cc1. The third kappa shape index (κ3) is 3.72. The number of likely N-dealkylation sites (N-methyl/N-ethyl adjacent to an activating group) is 1. The smallest absolute Gasteiger partial charge is 0.334 e. The Morgan fingerprint density at radius 3 is 2.52 bits per heavy atom. The first kappa shape index (κ1) is 20.1. The zero-order valence-electron chi connectivity index (χ0n) is 17.3. The number of hydrogen-bond acceptors (Lipinski definition) is 3. The van der Waals surface area contributed by atoms with E-state index in [1.54, 1.807) is 6.08 Å². The fourth-order valence-electron chi connectivity index (χ4n) is 4.93. The molecular weight excluding hydrogens is 386 g/mol. The lowest BCUT2D eigenvalue weighted by atomic mass is 9.72. The zero-order chi connectivity index (χ0) is 20.8. The number of allylic oxidation sites excluding steroid dienone is 1. The van der Waals surface area contributed by atoms with Gasteiger partial charge in [-0.3, -0.25) is 4.79 Å². The minimum atomic E-state index is -3.94. The molecule has 0 radical (unpaired) electrons. The van der Waals surface area contributed by atoms with Gasteiger partial charge in [0, 0.05) is 25.2 Å². The summed E-state index contributed by atoms with van der Waals surface area (Å²) in [6, 6.07) is 7.72. The van der Waals surface area contributed by atoms with Crippen LogP contribution in [-0.2, 0) is 15.0 Å². The quantitative estimate of drug-likeness (QED) is 0.744. The average molecular weight is 416 g/mol. The van der Waals surface area contributed by atoms with Crippen molar-refractivity contribution < 1.29 is 13.2 Å². The number of hydrogen-bond donors (Lipinski definition) is 0. The van der Waals surface area contributed by atoms with E-state index in [9.17, 15) is 13.2 Å². The van der Waals surface area contributed by atoms with Crippen molar-refractivity contribution in [3.63, 3.8) is 0 Å². The number of benzene rings is 1. The van der Waals surface area contributed by atoms with Crippen molar-refractivity contribution >= 4 is 21.8 Å². The van der Waals surface area contributed by atoms with Crippen molar-refractivity contribution in [2.45, 2.75) is 52.0 Å². The normalized spacial score (nSPS) is 29.0. The molecule has 2 heterocycles. The van der Waals surface area contributed by atoms with E-state index in [0.29, 0.717) is 29.7 Å². The fourth-order valence-corrected chi connectivity index (χ4v) is 5.83. The maximum absolute atomic E-state index is 13.5. The number of carbonyl (C=O) groups excluding carboxylic acids is 1. The highest BCUT2D eigenvalue weighted by Gasteiger charge is 2.42. The van der Waals surface area contributed by atoms with E-state index in [1.165, 1.54) is 13.5 Å². The monoisotopic (exact) mass is 415 g/mol. The van der Waals surface area contributed by atoms with Crippen LogP contribution in [0.3, 0.4) is 0 Å². The fraction of sp³-hybridized carbons (Fsp3) is 0.545. The van der Waals surface area contributed by atoms with Crippen LogP contribution in [0, 0.1) is 18.8 Å². The van der Waals surface area contributed by atoms with Crippen molar-refractivity contribution in [3.05, 3.63) is 47.2 Å². The van der Waals surface area contributed by atoms with Crippen LogP contribution in [0.25, 0.3) is 0 Å². The molecular formula is C22H29N3O3S. The maximum Gasteiger partial charge on any atom is 0.345 e. The summed E-state index contributed by atoms with van der Waals surface area (Å²) in [5, 5.41) is 0. The third-order valence-corrected chi connectivity index (χ3v) is 8.05. The van der Waals surface area contributed by atoms with Crippen LogP contribution in [0.4, 0.5) is 0 Å². The summed E-state index contributed by atoms with van der Waals surface area (Å²) in [7, 11) is -2.52. The lowest BCUT2D eigenvalue weighted by Crippen LogP contribution is -2.54. The molecule has 0 N–H and O–H groups in total. The van der Waals surface area contributed by atoms with Gasteiger partial charge in [0.15, 0.2) is 0 Å². The number of carbonyl (C=O) groups is 1. The highest BCUT2D eigenvalue weighted by Crippen LogP contribution is 2.39. The van der Waals surface area contributed by atoms with E-state index < -0.39 is 10.2 Å². The predicted molar refractivity (Wildman–Crippen MR) is 114 cm³/mol. The van der Waals surface area contributed by atoms with Crippen molar-refractivity contribution in [1.29, 1.82) is 0 Å². The van der Waals surface area contributed by atoms with E-state index in [-0.39, 0.29) is 17.6 Å². The number of piperidine rings is 1. The van der Waals surface area contributed by atoms with Crippen LogP contribution in [0.2, 0.25) is 0 Å². The summed E-state index contributed by atoms with van der Waals surface area (Å²) in [4.78, 5) is 15.5. The number of aryl methyl sites for hydroxylation is 1. The molecule has 1 aromatic rings. The minimum absolute atomic E-state index is 0.189. The van der Waals surface area contributed by atoms with E-state index in [0.717, 1.165) is 35.6 Å². The molecule has 7 heteroatoms. The summed E-state index contributed by atoms with van der Waals surface area (Å²) in [5.74, 6) is 0.924. The number of amides is 1. The minimum Gasteiger partial charge on any atom is -0.334 e. The molecule has 4 rings (SSSR count). The summed E-state index contributed by atoms with van der Waals surface area (Å²) in [6.07, 6.45) is 7.09. The molecule has 1 aliphatic carbocycles. The first-order valence-electron chi connectivity index (χ1n) is 10.5. The Labute approximate surface area is 173 Å². The van der Waals surface area contributed by atoms with Gasteiger partial charge in [-0.2, -0.15) is 8.42 Å². The Kier molecular flexibility index (Phi) is 5.27. The molecule has 1 saturated carbocycles. The van der Waals surface area contributed by atoms with Crippen LogP contribution >= 0.6 is 0 Å². The number of likely N-dealkylation sites (tertiary alicyclic amines) is 1. The summed E-state index contributed by atoms with van der Waals surface area (Å²) >= 11 is 0. The zero-order valence-corrected chi connectivity index (χ0v) is 18.2. The second-order valence-electron chi connectivity index (χ2n) is 8.60. The van der Waals surface area contributed by atoms with Gasteiger partial charge in [0.05, 0.1) is 5.71 Å². The van der Waals surface area contributed by atoms with Gasteiger partial charge in [-0.05, 0) is 44.1 Å². The van der Waals surface area contributed by atoms with Gasteiger partial charge in [-0.15, -0.1) is 4.40 Å². The van der Waals surface area contributed by atoms with E-state index in [1.807, 2.05) is 36.1 Å². The Morgan fingerprint density at radius 2 is 1.79 bits per heavy atom. The van der Waals surface area contributed by atoms with Gasteiger partial charge >= 0.3 is 10.2 Å². The number of fused-ring (bicyclic) bond motifs is 1. The maximum atomic E-state index is 13.5. The molecule has 0 bridgehead atoms. The van der Waals surface area contributed by atoms with Crippen LogP contribution in [0.15, 0.2) is 40.4 Å². The van der Waals surface area contributed by atoms with Crippen molar-refractivity contribution in [2.24, 2.45) is 16.2 Å². The van der Waals surface area contributed by atoms with Gasteiger partial charge in [-0.25, -0.2) is 4.31 Å². The van der Waals surface area contributed by atoms with E-state index in [2.05, 4.69) is 11.3 Å². The molecule has 2 fully saturated rings. The van der Waals surface area contributed by atoms with Crippen molar-refractivity contribution in [3.8, 4) is 0 Å². The topological polar surface area (TPSA) is 70.0 Å².